The number of anilines is 1. The molecule has 1 fully saturated rings. The van der Waals surface area contributed by atoms with E-state index in [4.69, 9.17) is 4.74 Å². The van der Waals surface area contributed by atoms with E-state index in [-0.39, 0.29) is 0 Å². The first-order chi connectivity index (χ1) is 8.83. The minimum absolute atomic E-state index is 0.487. The maximum Gasteiger partial charge on any atom is 0.226 e. The second-order valence-corrected chi connectivity index (χ2v) is 5.60. The van der Waals surface area contributed by atoms with Crippen LogP contribution in [0.25, 0.3) is 0 Å². The molecule has 100 valence electrons. The molecule has 1 saturated carbocycles. The molecular weight excluding hydrogens is 246 g/mol. The largest absolute Gasteiger partial charge is 0.478 e. The quantitative estimate of drug-likeness (QED) is 0.858. The number of thioether (sulfide) groups is 1. The molecule has 0 aromatic carbocycles. The van der Waals surface area contributed by atoms with Crippen molar-refractivity contribution in [1.29, 1.82) is 0 Å². The molecule has 1 N–H and O–H groups in total. The molecule has 0 saturated heterocycles. The van der Waals surface area contributed by atoms with Gasteiger partial charge in [0.25, 0.3) is 0 Å². The van der Waals surface area contributed by atoms with Crippen LogP contribution in [0.15, 0.2) is 12.3 Å². The summed E-state index contributed by atoms with van der Waals surface area (Å²) in [5.41, 5.74) is 0. The van der Waals surface area contributed by atoms with Crippen LogP contribution >= 0.6 is 11.8 Å². The van der Waals surface area contributed by atoms with Gasteiger partial charge in [0.1, 0.15) is 0 Å². The Kier molecular flexibility index (Phi) is 5.11. The van der Waals surface area contributed by atoms with Crippen molar-refractivity contribution in [2.24, 2.45) is 0 Å². The molecule has 2 unspecified atom stereocenters. The van der Waals surface area contributed by atoms with Gasteiger partial charge in [-0.3, -0.25) is 0 Å². The van der Waals surface area contributed by atoms with E-state index in [1.165, 1.54) is 19.3 Å². The fourth-order valence-corrected chi connectivity index (χ4v) is 3.17. The summed E-state index contributed by atoms with van der Waals surface area (Å²) in [5.74, 6) is 1.35. The first-order valence-electron chi connectivity index (χ1n) is 6.58. The Balaban J connectivity index is 1.96. The lowest BCUT2D eigenvalue weighted by molar-refractivity contribution is 0.305. The fourth-order valence-electron chi connectivity index (χ4n) is 2.24. The molecule has 18 heavy (non-hydrogen) atoms. The smallest absolute Gasteiger partial charge is 0.226 e. The molecule has 0 spiro atoms. The van der Waals surface area contributed by atoms with E-state index in [9.17, 15) is 0 Å². The summed E-state index contributed by atoms with van der Waals surface area (Å²) in [6.45, 7) is 2.79. The van der Waals surface area contributed by atoms with E-state index in [0.717, 1.165) is 6.42 Å². The molecule has 1 aromatic heterocycles. The molecule has 2 rings (SSSR count). The number of nitrogens with one attached hydrogen (secondary N) is 1. The third kappa shape index (κ3) is 3.51. The van der Waals surface area contributed by atoms with Crippen LogP contribution in [0.3, 0.4) is 0 Å². The summed E-state index contributed by atoms with van der Waals surface area (Å²) in [6, 6.07) is 2.29. The minimum Gasteiger partial charge on any atom is -0.478 e. The van der Waals surface area contributed by atoms with Gasteiger partial charge >= 0.3 is 0 Å². The molecule has 5 heteroatoms. The maximum atomic E-state index is 5.52. The Labute approximate surface area is 113 Å². The Bertz CT molecular complexity index is 375. The van der Waals surface area contributed by atoms with Crippen molar-refractivity contribution in [3.8, 4) is 5.88 Å². The highest BCUT2D eigenvalue weighted by atomic mass is 32.2. The molecule has 2 atom stereocenters. The first kappa shape index (κ1) is 13.5. The molecule has 0 radical (unpaired) electrons. The van der Waals surface area contributed by atoms with Crippen LogP contribution in [0, 0.1) is 0 Å². The lowest BCUT2D eigenvalue weighted by Gasteiger charge is -2.19. The van der Waals surface area contributed by atoms with Crippen LogP contribution < -0.4 is 10.1 Å². The SMILES string of the molecule is CCCOc1ccnc(NC2CCCC2SC)n1. The Morgan fingerprint density at radius 1 is 1.50 bits per heavy atom. The van der Waals surface area contributed by atoms with Crippen molar-refractivity contribution in [2.45, 2.75) is 43.9 Å². The van der Waals surface area contributed by atoms with Crippen LogP contribution in [0.1, 0.15) is 32.6 Å². The third-order valence-electron chi connectivity index (χ3n) is 3.15. The summed E-state index contributed by atoms with van der Waals surface area (Å²) in [4.78, 5) is 8.66. The van der Waals surface area contributed by atoms with Gasteiger partial charge in [-0.1, -0.05) is 13.3 Å². The topological polar surface area (TPSA) is 47.0 Å². The molecule has 1 aromatic rings. The van der Waals surface area contributed by atoms with Crippen molar-refractivity contribution >= 4 is 17.7 Å². The molecular formula is C13H21N3OS. The summed E-state index contributed by atoms with van der Waals surface area (Å²) < 4.78 is 5.52. The van der Waals surface area contributed by atoms with Gasteiger partial charge in [0.15, 0.2) is 0 Å². The van der Waals surface area contributed by atoms with Gasteiger partial charge < -0.3 is 10.1 Å². The van der Waals surface area contributed by atoms with Crippen LogP contribution in [0.4, 0.5) is 5.95 Å². The molecule has 1 heterocycles. The van der Waals surface area contributed by atoms with E-state index >= 15 is 0 Å². The second kappa shape index (κ2) is 6.83. The number of hydrogen-bond acceptors (Lipinski definition) is 5. The molecule has 4 nitrogen and oxygen atoms in total. The lowest BCUT2D eigenvalue weighted by Crippen LogP contribution is -2.26. The Morgan fingerprint density at radius 2 is 2.39 bits per heavy atom. The average molecular weight is 267 g/mol. The standard InChI is InChI=1S/C13H21N3OS/c1-3-9-17-12-7-8-14-13(16-12)15-10-5-4-6-11(10)18-2/h7-8,10-11H,3-6,9H2,1-2H3,(H,14,15,16). The first-order valence-corrected chi connectivity index (χ1v) is 7.87. The van der Waals surface area contributed by atoms with Crippen LogP contribution in [-0.4, -0.2) is 34.1 Å². The zero-order valence-corrected chi connectivity index (χ0v) is 11.9. The van der Waals surface area contributed by atoms with Crippen LogP contribution in [0.2, 0.25) is 0 Å². The van der Waals surface area contributed by atoms with Gasteiger partial charge in [-0.2, -0.15) is 16.7 Å². The monoisotopic (exact) mass is 267 g/mol. The van der Waals surface area contributed by atoms with E-state index in [1.54, 1.807) is 6.20 Å². The second-order valence-electron chi connectivity index (χ2n) is 4.52. The summed E-state index contributed by atoms with van der Waals surface area (Å²) >= 11 is 1.93. The van der Waals surface area contributed by atoms with Crippen molar-refractivity contribution in [2.75, 3.05) is 18.2 Å². The zero-order valence-electron chi connectivity index (χ0n) is 11.1. The van der Waals surface area contributed by atoms with Gasteiger partial charge in [-0.05, 0) is 25.5 Å². The number of ether oxygens (including phenoxy) is 1. The maximum absolute atomic E-state index is 5.52. The number of rotatable bonds is 6. The number of hydrogen-bond donors (Lipinski definition) is 1. The van der Waals surface area contributed by atoms with E-state index in [0.29, 0.717) is 29.7 Å². The predicted molar refractivity (Wildman–Crippen MR) is 76.4 cm³/mol. The van der Waals surface area contributed by atoms with Crippen LogP contribution in [0.5, 0.6) is 5.88 Å². The minimum atomic E-state index is 0.487. The third-order valence-corrected chi connectivity index (χ3v) is 4.32. The van der Waals surface area contributed by atoms with Crippen molar-refractivity contribution in [3.63, 3.8) is 0 Å². The average Bonchev–Trinajstić information content (AvgIpc) is 2.84. The fraction of sp³-hybridized carbons (Fsp3) is 0.692. The van der Waals surface area contributed by atoms with Crippen LogP contribution in [-0.2, 0) is 0 Å². The number of aromatic nitrogens is 2. The number of nitrogens with zero attached hydrogens (tertiary/aromatic N) is 2. The highest BCUT2D eigenvalue weighted by molar-refractivity contribution is 7.99. The van der Waals surface area contributed by atoms with Gasteiger partial charge in [-0.15, -0.1) is 0 Å². The van der Waals surface area contributed by atoms with E-state index < -0.39 is 0 Å². The van der Waals surface area contributed by atoms with Gasteiger partial charge in [0, 0.05) is 23.6 Å². The Hall–Kier alpha value is -0.970. The van der Waals surface area contributed by atoms with Gasteiger partial charge in [0.2, 0.25) is 11.8 Å². The highest BCUT2D eigenvalue weighted by Gasteiger charge is 2.26. The highest BCUT2D eigenvalue weighted by Crippen LogP contribution is 2.30. The summed E-state index contributed by atoms with van der Waals surface area (Å²) in [6.07, 6.45) is 8.69. The zero-order chi connectivity index (χ0) is 12.8. The van der Waals surface area contributed by atoms with Gasteiger partial charge in [-0.25, -0.2) is 4.98 Å². The summed E-state index contributed by atoms with van der Waals surface area (Å²) in [7, 11) is 0. The van der Waals surface area contributed by atoms with E-state index in [2.05, 4.69) is 28.5 Å². The lowest BCUT2D eigenvalue weighted by atomic mass is 10.2. The molecule has 1 aliphatic carbocycles. The van der Waals surface area contributed by atoms with Crippen molar-refractivity contribution in [3.05, 3.63) is 12.3 Å². The predicted octanol–water partition coefficient (Wildman–Crippen LogP) is 2.96. The van der Waals surface area contributed by atoms with Crippen molar-refractivity contribution < 1.29 is 4.74 Å². The molecule has 0 amide bonds. The Morgan fingerprint density at radius 3 is 3.17 bits per heavy atom. The molecule has 0 aliphatic heterocycles. The normalized spacial score (nSPS) is 23.0. The molecule has 1 aliphatic rings. The van der Waals surface area contributed by atoms with E-state index in [1.807, 2.05) is 17.8 Å². The van der Waals surface area contributed by atoms with Crippen molar-refractivity contribution in [1.82, 2.24) is 9.97 Å². The summed E-state index contributed by atoms with van der Waals surface area (Å²) in [5, 5.41) is 4.11. The van der Waals surface area contributed by atoms with Gasteiger partial charge in [0.05, 0.1) is 6.61 Å². The molecule has 0 bridgehead atoms.